The van der Waals surface area contributed by atoms with Crippen LogP contribution in [0.4, 0.5) is 0 Å². The molecule has 1 aromatic rings. The van der Waals surface area contributed by atoms with Crippen LogP contribution < -0.4 is 5.32 Å². The van der Waals surface area contributed by atoms with Crippen molar-refractivity contribution in [3.63, 3.8) is 0 Å². The Balaban J connectivity index is 2.21. The monoisotopic (exact) mass is 193 g/mol. The first-order chi connectivity index (χ1) is 6.72. The third-order valence-electron chi connectivity index (χ3n) is 2.30. The zero-order valence-corrected chi connectivity index (χ0v) is 8.99. The molecule has 0 bridgehead atoms. The summed E-state index contributed by atoms with van der Waals surface area (Å²) in [6.45, 7) is 8.03. The molecule has 2 atom stereocenters. The Bertz CT molecular complexity index is 253. The summed E-state index contributed by atoms with van der Waals surface area (Å²) in [5, 5.41) is 3.43. The molecule has 0 aliphatic heterocycles. The third kappa shape index (κ3) is 3.79. The van der Waals surface area contributed by atoms with Crippen molar-refractivity contribution in [1.29, 1.82) is 0 Å². The first-order valence-electron chi connectivity index (χ1n) is 5.13. The maximum atomic E-state index is 5.27. The number of hydrogen-bond acceptors (Lipinski definition) is 2. The summed E-state index contributed by atoms with van der Waals surface area (Å²) in [6.07, 6.45) is 5.72. The average molecular weight is 193 g/mol. The van der Waals surface area contributed by atoms with Gasteiger partial charge in [-0.2, -0.15) is 0 Å². The van der Waals surface area contributed by atoms with E-state index >= 15 is 0 Å². The SMILES string of the molecule is C=CC(C)NC(C)CCc1ccco1. The minimum atomic E-state index is 0.376. The van der Waals surface area contributed by atoms with Crippen molar-refractivity contribution in [2.75, 3.05) is 0 Å². The first-order valence-corrected chi connectivity index (χ1v) is 5.13. The Kier molecular flexibility index (Phi) is 4.47. The lowest BCUT2D eigenvalue weighted by Gasteiger charge is -2.16. The Morgan fingerprint density at radius 3 is 2.93 bits per heavy atom. The molecule has 0 saturated carbocycles. The molecule has 1 N–H and O–H groups in total. The van der Waals surface area contributed by atoms with Crippen molar-refractivity contribution >= 4 is 0 Å². The molecule has 78 valence electrons. The van der Waals surface area contributed by atoms with Crippen molar-refractivity contribution in [2.45, 2.75) is 38.8 Å². The molecule has 0 amide bonds. The van der Waals surface area contributed by atoms with Gasteiger partial charge in [-0.05, 0) is 32.4 Å². The molecule has 0 spiro atoms. The van der Waals surface area contributed by atoms with Gasteiger partial charge in [-0.15, -0.1) is 6.58 Å². The van der Waals surface area contributed by atoms with E-state index in [2.05, 4.69) is 25.7 Å². The van der Waals surface area contributed by atoms with Crippen LogP contribution in [0.15, 0.2) is 35.5 Å². The molecular formula is C12H19NO. The van der Waals surface area contributed by atoms with Crippen LogP contribution in [0.25, 0.3) is 0 Å². The van der Waals surface area contributed by atoms with Gasteiger partial charge < -0.3 is 9.73 Å². The highest BCUT2D eigenvalue weighted by Gasteiger charge is 2.05. The average Bonchev–Trinajstić information content (AvgIpc) is 2.67. The van der Waals surface area contributed by atoms with Gasteiger partial charge in [0.15, 0.2) is 0 Å². The van der Waals surface area contributed by atoms with E-state index in [1.165, 1.54) is 0 Å². The van der Waals surface area contributed by atoms with Gasteiger partial charge in [0.1, 0.15) is 5.76 Å². The molecule has 2 nitrogen and oxygen atoms in total. The molecule has 0 aromatic carbocycles. The molecule has 14 heavy (non-hydrogen) atoms. The summed E-state index contributed by atoms with van der Waals surface area (Å²) in [5.41, 5.74) is 0. The highest BCUT2D eigenvalue weighted by Crippen LogP contribution is 2.06. The minimum Gasteiger partial charge on any atom is -0.469 e. The number of aryl methyl sites for hydroxylation is 1. The topological polar surface area (TPSA) is 25.2 Å². The van der Waals surface area contributed by atoms with Gasteiger partial charge in [0.05, 0.1) is 6.26 Å². The van der Waals surface area contributed by atoms with Crippen LogP contribution in [-0.4, -0.2) is 12.1 Å². The fourth-order valence-electron chi connectivity index (χ4n) is 1.41. The third-order valence-corrected chi connectivity index (χ3v) is 2.30. The largest absolute Gasteiger partial charge is 0.469 e. The summed E-state index contributed by atoms with van der Waals surface area (Å²) >= 11 is 0. The van der Waals surface area contributed by atoms with Crippen molar-refractivity contribution in [2.24, 2.45) is 0 Å². The second kappa shape index (κ2) is 5.66. The summed E-state index contributed by atoms with van der Waals surface area (Å²) < 4.78 is 5.27. The van der Waals surface area contributed by atoms with Gasteiger partial charge >= 0.3 is 0 Å². The maximum Gasteiger partial charge on any atom is 0.103 e. The van der Waals surface area contributed by atoms with E-state index in [1.54, 1.807) is 6.26 Å². The van der Waals surface area contributed by atoms with E-state index < -0.39 is 0 Å². The van der Waals surface area contributed by atoms with Gasteiger partial charge in [-0.1, -0.05) is 6.08 Å². The molecule has 0 radical (unpaired) electrons. The van der Waals surface area contributed by atoms with Crippen molar-refractivity contribution in [1.82, 2.24) is 5.32 Å². The van der Waals surface area contributed by atoms with Gasteiger partial charge in [-0.25, -0.2) is 0 Å². The lowest BCUT2D eigenvalue weighted by atomic mass is 10.1. The summed E-state index contributed by atoms with van der Waals surface area (Å²) in [5.74, 6) is 1.06. The second-order valence-electron chi connectivity index (χ2n) is 3.71. The van der Waals surface area contributed by atoms with Crippen LogP contribution in [0, 0.1) is 0 Å². The quantitative estimate of drug-likeness (QED) is 0.703. The van der Waals surface area contributed by atoms with E-state index in [4.69, 9.17) is 4.42 Å². The summed E-state index contributed by atoms with van der Waals surface area (Å²) in [4.78, 5) is 0. The normalized spacial score (nSPS) is 15.0. The van der Waals surface area contributed by atoms with E-state index in [0.717, 1.165) is 18.6 Å². The van der Waals surface area contributed by atoms with Crippen LogP contribution in [0.2, 0.25) is 0 Å². The van der Waals surface area contributed by atoms with Gasteiger partial charge in [0.2, 0.25) is 0 Å². The molecule has 0 aliphatic carbocycles. The van der Waals surface area contributed by atoms with E-state index in [9.17, 15) is 0 Å². The molecule has 2 unspecified atom stereocenters. The van der Waals surface area contributed by atoms with Crippen LogP contribution in [0.5, 0.6) is 0 Å². The molecule has 0 saturated heterocycles. The molecule has 1 rings (SSSR count). The molecule has 0 fully saturated rings. The fourth-order valence-corrected chi connectivity index (χ4v) is 1.41. The van der Waals surface area contributed by atoms with Crippen LogP contribution in [-0.2, 0) is 6.42 Å². The summed E-state index contributed by atoms with van der Waals surface area (Å²) in [6, 6.07) is 4.82. The zero-order chi connectivity index (χ0) is 10.4. The number of nitrogens with one attached hydrogen (secondary N) is 1. The lowest BCUT2D eigenvalue weighted by Crippen LogP contribution is -2.33. The summed E-state index contributed by atoms with van der Waals surface area (Å²) in [7, 11) is 0. The van der Waals surface area contributed by atoms with Crippen LogP contribution in [0.1, 0.15) is 26.0 Å². The lowest BCUT2D eigenvalue weighted by molar-refractivity contribution is 0.449. The van der Waals surface area contributed by atoms with E-state index in [0.29, 0.717) is 12.1 Å². The number of hydrogen-bond donors (Lipinski definition) is 1. The molecule has 0 aliphatic rings. The Hall–Kier alpha value is -1.02. The molecular weight excluding hydrogens is 174 g/mol. The predicted molar refractivity (Wildman–Crippen MR) is 59.3 cm³/mol. The first kappa shape index (κ1) is 11.1. The highest BCUT2D eigenvalue weighted by atomic mass is 16.3. The van der Waals surface area contributed by atoms with Gasteiger partial charge in [0, 0.05) is 18.5 Å². The molecule has 2 heteroatoms. The van der Waals surface area contributed by atoms with Gasteiger partial charge in [-0.3, -0.25) is 0 Å². The Labute approximate surface area is 86.0 Å². The van der Waals surface area contributed by atoms with Crippen molar-refractivity contribution < 1.29 is 4.42 Å². The second-order valence-corrected chi connectivity index (χ2v) is 3.71. The number of rotatable bonds is 6. The smallest absolute Gasteiger partial charge is 0.103 e. The standard InChI is InChI=1S/C12H19NO/c1-4-10(2)13-11(3)7-8-12-6-5-9-14-12/h4-6,9-11,13H,1,7-8H2,2-3H3. The maximum absolute atomic E-state index is 5.27. The fraction of sp³-hybridized carbons (Fsp3) is 0.500. The predicted octanol–water partition coefficient (Wildman–Crippen LogP) is 2.76. The molecule has 1 heterocycles. The van der Waals surface area contributed by atoms with Crippen LogP contribution >= 0.6 is 0 Å². The van der Waals surface area contributed by atoms with Crippen molar-refractivity contribution in [3.8, 4) is 0 Å². The Morgan fingerprint density at radius 2 is 2.36 bits per heavy atom. The Morgan fingerprint density at radius 1 is 1.57 bits per heavy atom. The molecule has 1 aromatic heterocycles. The highest BCUT2D eigenvalue weighted by molar-refractivity contribution is 4.98. The van der Waals surface area contributed by atoms with E-state index in [1.807, 2.05) is 18.2 Å². The van der Waals surface area contributed by atoms with E-state index in [-0.39, 0.29) is 0 Å². The minimum absolute atomic E-state index is 0.376. The van der Waals surface area contributed by atoms with Crippen LogP contribution in [0.3, 0.4) is 0 Å². The van der Waals surface area contributed by atoms with Gasteiger partial charge in [0.25, 0.3) is 0 Å². The van der Waals surface area contributed by atoms with Crippen molar-refractivity contribution in [3.05, 3.63) is 36.8 Å². The zero-order valence-electron chi connectivity index (χ0n) is 8.99. The number of furan rings is 1.